The van der Waals surface area contributed by atoms with Crippen LogP contribution in [0.3, 0.4) is 0 Å². The Morgan fingerprint density at radius 2 is 1.97 bits per heavy atom. The van der Waals surface area contributed by atoms with Gasteiger partial charge in [-0.3, -0.25) is 14.4 Å². The van der Waals surface area contributed by atoms with Crippen molar-refractivity contribution in [3.8, 4) is 11.1 Å². The van der Waals surface area contributed by atoms with E-state index < -0.39 is 5.91 Å². The van der Waals surface area contributed by atoms with E-state index in [-0.39, 0.29) is 17.2 Å². The summed E-state index contributed by atoms with van der Waals surface area (Å²) in [6.07, 6.45) is 3.81. The monoisotopic (exact) mass is 496 g/mol. The summed E-state index contributed by atoms with van der Waals surface area (Å²) in [7, 11) is 0. The second-order valence-electron chi connectivity index (χ2n) is 7.68. The number of hydrogen-bond acceptors (Lipinski definition) is 7. The van der Waals surface area contributed by atoms with Gasteiger partial charge in [0, 0.05) is 15.8 Å². The SMILES string of the molecule is NC(=O)c1c(NC(=O)CSc2nc3scc(-c4ccccc4)c3c(=O)[nH]2)sc2c1CCCC2. The van der Waals surface area contributed by atoms with Gasteiger partial charge >= 0.3 is 0 Å². The number of hydrogen-bond donors (Lipinski definition) is 3. The van der Waals surface area contributed by atoms with Crippen molar-refractivity contribution in [2.45, 2.75) is 30.8 Å². The number of primary amides is 1. The van der Waals surface area contributed by atoms with Crippen molar-refractivity contribution in [3.63, 3.8) is 0 Å². The van der Waals surface area contributed by atoms with E-state index in [1.165, 1.54) is 22.7 Å². The van der Waals surface area contributed by atoms with Crippen molar-refractivity contribution in [1.29, 1.82) is 0 Å². The Morgan fingerprint density at radius 1 is 1.18 bits per heavy atom. The zero-order valence-electron chi connectivity index (χ0n) is 17.5. The predicted molar refractivity (Wildman–Crippen MR) is 135 cm³/mol. The van der Waals surface area contributed by atoms with Crippen LogP contribution in [0.1, 0.15) is 33.6 Å². The number of nitrogens with one attached hydrogen (secondary N) is 2. The second-order valence-corrected chi connectivity index (χ2v) is 10.6. The lowest BCUT2D eigenvalue weighted by Crippen LogP contribution is -2.19. The number of nitrogens with two attached hydrogens (primary N) is 1. The van der Waals surface area contributed by atoms with E-state index in [0.717, 1.165) is 59.0 Å². The Hall–Kier alpha value is -2.95. The molecule has 3 aromatic heterocycles. The molecule has 2 amide bonds. The lowest BCUT2D eigenvalue weighted by Gasteiger charge is -2.11. The third-order valence-electron chi connectivity index (χ3n) is 5.52. The molecule has 168 valence electrons. The average Bonchev–Trinajstić information content (AvgIpc) is 3.40. The number of nitrogens with zero attached hydrogens (tertiary/aromatic N) is 1. The van der Waals surface area contributed by atoms with Gasteiger partial charge in [-0.1, -0.05) is 42.1 Å². The summed E-state index contributed by atoms with van der Waals surface area (Å²) in [5.41, 5.74) is 8.59. The minimum Gasteiger partial charge on any atom is -0.365 e. The molecule has 1 aliphatic rings. The number of aromatic amines is 1. The summed E-state index contributed by atoms with van der Waals surface area (Å²) in [6, 6.07) is 9.69. The van der Waals surface area contributed by atoms with Crippen LogP contribution in [-0.4, -0.2) is 27.5 Å². The fourth-order valence-corrected chi connectivity index (χ4v) is 7.02. The number of H-pyrrole nitrogens is 1. The quantitative estimate of drug-likeness (QED) is 0.270. The van der Waals surface area contributed by atoms with Crippen LogP contribution >= 0.6 is 34.4 Å². The third-order valence-corrected chi connectivity index (χ3v) is 8.47. The van der Waals surface area contributed by atoms with Crippen molar-refractivity contribution in [3.05, 3.63) is 62.1 Å². The fraction of sp³-hybridized carbons (Fsp3) is 0.217. The van der Waals surface area contributed by atoms with Crippen LogP contribution in [0.15, 0.2) is 45.7 Å². The molecule has 7 nitrogen and oxygen atoms in total. The molecule has 0 atom stereocenters. The third kappa shape index (κ3) is 4.33. The van der Waals surface area contributed by atoms with Gasteiger partial charge in [-0.15, -0.1) is 22.7 Å². The highest BCUT2D eigenvalue weighted by Crippen LogP contribution is 2.38. The van der Waals surface area contributed by atoms with Gasteiger partial charge in [0.05, 0.1) is 16.7 Å². The topological polar surface area (TPSA) is 118 Å². The molecule has 0 fully saturated rings. The van der Waals surface area contributed by atoms with Gasteiger partial charge in [0.2, 0.25) is 5.91 Å². The molecule has 0 saturated carbocycles. The molecule has 4 aromatic rings. The fourth-order valence-electron chi connectivity index (χ4n) is 4.04. The first-order valence-corrected chi connectivity index (χ1v) is 13.1. The molecular formula is C23H20N4O3S3. The zero-order valence-corrected chi connectivity index (χ0v) is 19.9. The molecule has 5 rings (SSSR count). The lowest BCUT2D eigenvalue weighted by atomic mass is 9.95. The number of thioether (sulfide) groups is 1. The van der Waals surface area contributed by atoms with Gasteiger partial charge in [0.25, 0.3) is 11.5 Å². The van der Waals surface area contributed by atoms with Gasteiger partial charge in [0.1, 0.15) is 9.83 Å². The summed E-state index contributed by atoms with van der Waals surface area (Å²) < 4.78 is 0. The summed E-state index contributed by atoms with van der Waals surface area (Å²) in [5, 5.41) is 6.21. The number of fused-ring (bicyclic) bond motifs is 2. The van der Waals surface area contributed by atoms with E-state index in [4.69, 9.17) is 5.73 Å². The number of benzene rings is 1. The van der Waals surface area contributed by atoms with E-state index >= 15 is 0 Å². The number of aryl methyl sites for hydroxylation is 1. The number of carbonyl (C=O) groups is 2. The van der Waals surface area contributed by atoms with Gasteiger partial charge in [-0.05, 0) is 36.8 Å². The highest BCUT2D eigenvalue weighted by atomic mass is 32.2. The number of aromatic nitrogens is 2. The van der Waals surface area contributed by atoms with Crippen molar-refractivity contribution in [1.82, 2.24) is 9.97 Å². The van der Waals surface area contributed by atoms with Crippen molar-refractivity contribution >= 4 is 61.5 Å². The Balaban J connectivity index is 1.32. The molecule has 0 saturated heterocycles. The van der Waals surface area contributed by atoms with Gasteiger partial charge in [-0.25, -0.2) is 4.98 Å². The number of anilines is 1. The first-order chi connectivity index (χ1) is 16.0. The summed E-state index contributed by atoms with van der Waals surface area (Å²) in [6.45, 7) is 0. The van der Waals surface area contributed by atoms with Crippen LogP contribution in [0.2, 0.25) is 0 Å². The maximum Gasteiger partial charge on any atom is 0.260 e. The van der Waals surface area contributed by atoms with Crippen LogP contribution in [0.25, 0.3) is 21.3 Å². The Kier molecular flexibility index (Phi) is 6.05. The first kappa shape index (κ1) is 21.9. The maximum absolute atomic E-state index is 12.8. The van der Waals surface area contributed by atoms with Crippen LogP contribution in [-0.2, 0) is 17.6 Å². The molecule has 1 aliphatic carbocycles. The van der Waals surface area contributed by atoms with Gasteiger partial charge < -0.3 is 16.0 Å². The van der Waals surface area contributed by atoms with Crippen LogP contribution in [0.5, 0.6) is 0 Å². The average molecular weight is 497 g/mol. The molecule has 0 aliphatic heterocycles. The molecular weight excluding hydrogens is 476 g/mol. The Bertz CT molecular complexity index is 1420. The number of amides is 2. The molecule has 1 aromatic carbocycles. The maximum atomic E-state index is 12.8. The molecule has 3 heterocycles. The minimum atomic E-state index is -0.513. The standard InChI is InChI=1S/C23H20N4O3S3/c24-19(29)17-13-8-4-5-9-15(13)33-22(17)25-16(28)11-32-23-26-20(30)18-14(10-31-21(18)27-23)12-6-2-1-3-7-12/h1-3,6-7,10H,4-5,8-9,11H2,(H2,24,29)(H,25,28)(H,26,27,30). The van der Waals surface area contributed by atoms with Crippen LogP contribution < -0.4 is 16.6 Å². The first-order valence-electron chi connectivity index (χ1n) is 10.4. The lowest BCUT2D eigenvalue weighted by molar-refractivity contribution is -0.113. The van der Waals surface area contributed by atoms with E-state index in [1.807, 2.05) is 35.7 Å². The highest BCUT2D eigenvalue weighted by Gasteiger charge is 2.25. The molecule has 0 spiro atoms. The molecule has 10 heteroatoms. The normalized spacial score (nSPS) is 13.1. The van der Waals surface area contributed by atoms with E-state index in [1.54, 1.807) is 0 Å². The van der Waals surface area contributed by atoms with E-state index in [9.17, 15) is 14.4 Å². The van der Waals surface area contributed by atoms with Crippen LogP contribution in [0.4, 0.5) is 5.00 Å². The molecule has 33 heavy (non-hydrogen) atoms. The van der Waals surface area contributed by atoms with Crippen molar-refractivity contribution < 1.29 is 9.59 Å². The summed E-state index contributed by atoms with van der Waals surface area (Å²) in [5.74, 6) is -0.743. The minimum absolute atomic E-state index is 0.0478. The largest absolute Gasteiger partial charge is 0.365 e. The Labute approximate surface area is 201 Å². The molecule has 0 unspecified atom stereocenters. The van der Waals surface area contributed by atoms with Gasteiger partial charge in [-0.2, -0.15) is 0 Å². The molecule has 4 N–H and O–H groups in total. The molecule has 0 radical (unpaired) electrons. The number of carbonyl (C=O) groups excluding carboxylic acids is 2. The van der Waals surface area contributed by atoms with Crippen molar-refractivity contribution in [2.24, 2.45) is 5.73 Å². The number of thiophene rings is 2. The van der Waals surface area contributed by atoms with Gasteiger partial charge in [0.15, 0.2) is 5.16 Å². The summed E-state index contributed by atoms with van der Waals surface area (Å²) >= 11 is 3.98. The highest BCUT2D eigenvalue weighted by molar-refractivity contribution is 7.99. The zero-order chi connectivity index (χ0) is 22.9. The second kappa shape index (κ2) is 9.12. The Morgan fingerprint density at radius 3 is 2.76 bits per heavy atom. The number of rotatable bonds is 6. The predicted octanol–water partition coefficient (Wildman–Crippen LogP) is 4.42. The van der Waals surface area contributed by atoms with E-state index in [2.05, 4.69) is 15.3 Å². The van der Waals surface area contributed by atoms with E-state index in [0.29, 0.717) is 25.9 Å². The van der Waals surface area contributed by atoms with Crippen LogP contribution in [0, 0.1) is 0 Å². The summed E-state index contributed by atoms with van der Waals surface area (Å²) in [4.78, 5) is 46.5. The smallest absolute Gasteiger partial charge is 0.260 e. The molecule has 0 bridgehead atoms. The van der Waals surface area contributed by atoms with Crippen molar-refractivity contribution in [2.75, 3.05) is 11.1 Å².